The fourth-order valence-corrected chi connectivity index (χ4v) is 1.11. The number of nitrogen functional groups attached to an aromatic ring is 1. The zero-order valence-corrected chi connectivity index (χ0v) is 9.36. The first kappa shape index (κ1) is 12.3. The van der Waals surface area contributed by atoms with Crippen molar-refractivity contribution in [2.75, 3.05) is 12.3 Å². The van der Waals surface area contributed by atoms with Gasteiger partial charge in [0.1, 0.15) is 11.4 Å². The van der Waals surface area contributed by atoms with Crippen molar-refractivity contribution in [1.82, 2.24) is 0 Å². The van der Waals surface area contributed by atoms with Crippen LogP contribution in [0.1, 0.15) is 24.2 Å². The topological polar surface area (TPSA) is 98.6 Å². The molecular weight excluding hydrogens is 208 g/mol. The van der Waals surface area contributed by atoms with E-state index in [1.165, 1.54) is 18.2 Å². The van der Waals surface area contributed by atoms with E-state index in [4.69, 9.17) is 21.3 Å². The number of carboxylic acids is 1. The summed E-state index contributed by atoms with van der Waals surface area (Å²) in [5, 5.41) is 8.76. The molecule has 0 bridgehead atoms. The van der Waals surface area contributed by atoms with Gasteiger partial charge in [-0.15, -0.1) is 0 Å². The summed E-state index contributed by atoms with van der Waals surface area (Å²) in [7, 11) is 0. The summed E-state index contributed by atoms with van der Waals surface area (Å²) in [6.45, 7) is 4.00. The number of aromatic carboxylic acids is 1. The van der Waals surface area contributed by atoms with Gasteiger partial charge >= 0.3 is 5.97 Å². The molecule has 0 aliphatic rings. The minimum atomic E-state index is -1.02. The molecule has 0 radical (unpaired) electrons. The smallest absolute Gasteiger partial charge is 0.335 e. The molecule has 88 valence electrons. The summed E-state index contributed by atoms with van der Waals surface area (Å²) < 4.78 is 5.57. The van der Waals surface area contributed by atoms with Crippen molar-refractivity contribution in [3.05, 3.63) is 23.8 Å². The van der Waals surface area contributed by atoms with Crippen molar-refractivity contribution in [2.24, 2.45) is 5.73 Å². The second kappa shape index (κ2) is 4.40. The Hall–Kier alpha value is -1.75. The highest BCUT2D eigenvalue weighted by atomic mass is 16.5. The molecule has 0 saturated carbocycles. The quantitative estimate of drug-likeness (QED) is 0.665. The van der Waals surface area contributed by atoms with Crippen LogP contribution in [-0.2, 0) is 0 Å². The van der Waals surface area contributed by atoms with E-state index in [1.54, 1.807) is 0 Å². The van der Waals surface area contributed by atoms with Crippen molar-refractivity contribution in [2.45, 2.75) is 19.4 Å². The highest BCUT2D eigenvalue weighted by molar-refractivity contribution is 5.89. The van der Waals surface area contributed by atoms with Gasteiger partial charge in [0.25, 0.3) is 0 Å². The molecule has 0 aromatic heterocycles. The highest BCUT2D eigenvalue weighted by Crippen LogP contribution is 2.26. The van der Waals surface area contributed by atoms with E-state index in [1.807, 2.05) is 13.8 Å². The third kappa shape index (κ3) is 2.87. The lowest BCUT2D eigenvalue weighted by Gasteiger charge is -2.25. The molecule has 5 N–H and O–H groups in total. The molecule has 0 heterocycles. The number of carboxylic acid groups (broad SMARTS) is 1. The minimum absolute atomic E-state index is 0.135. The van der Waals surface area contributed by atoms with Crippen molar-refractivity contribution >= 4 is 11.7 Å². The maximum absolute atomic E-state index is 10.7. The Morgan fingerprint density at radius 3 is 2.56 bits per heavy atom. The average molecular weight is 224 g/mol. The molecule has 0 fully saturated rings. The molecule has 0 aliphatic carbocycles. The number of nitrogens with two attached hydrogens (primary N) is 2. The first-order chi connectivity index (χ1) is 7.35. The Kier molecular flexibility index (Phi) is 3.39. The van der Waals surface area contributed by atoms with E-state index in [9.17, 15) is 4.79 Å². The molecule has 0 atom stereocenters. The lowest BCUT2D eigenvalue weighted by molar-refractivity contribution is 0.0697. The standard InChI is InChI=1S/C11H16N2O3/c1-11(2,6-12)16-9-4-3-7(10(14)15)5-8(9)13/h3-5H,6,12-13H2,1-2H3,(H,14,15). The van der Waals surface area contributed by atoms with Gasteiger partial charge in [-0.1, -0.05) is 0 Å². The molecule has 1 rings (SSSR count). The van der Waals surface area contributed by atoms with Crippen molar-refractivity contribution in [1.29, 1.82) is 0 Å². The van der Waals surface area contributed by atoms with E-state index >= 15 is 0 Å². The van der Waals surface area contributed by atoms with E-state index < -0.39 is 11.6 Å². The predicted octanol–water partition coefficient (Wildman–Crippen LogP) is 1.08. The SMILES string of the molecule is CC(C)(CN)Oc1ccc(C(=O)O)cc1N. The van der Waals surface area contributed by atoms with Crippen LogP contribution in [-0.4, -0.2) is 23.2 Å². The highest BCUT2D eigenvalue weighted by Gasteiger charge is 2.19. The Morgan fingerprint density at radius 2 is 2.12 bits per heavy atom. The van der Waals surface area contributed by atoms with Gasteiger partial charge in [-0.3, -0.25) is 0 Å². The Morgan fingerprint density at radius 1 is 1.50 bits per heavy atom. The number of anilines is 1. The first-order valence-electron chi connectivity index (χ1n) is 4.87. The number of hydrogen-bond donors (Lipinski definition) is 3. The van der Waals surface area contributed by atoms with Crippen LogP contribution in [0.15, 0.2) is 18.2 Å². The van der Waals surface area contributed by atoms with Crippen LogP contribution in [0.3, 0.4) is 0 Å². The third-order valence-electron chi connectivity index (χ3n) is 2.13. The molecule has 5 nitrogen and oxygen atoms in total. The van der Waals surface area contributed by atoms with Crippen LogP contribution in [0.2, 0.25) is 0 Å². The summed E-state index contributed by atoms with van der Waals surface area (Å²) in [5.74, 6) is -0.572. The summed E-state index contributed by atoms with van der Waals surface area (Å²) in [5.41, 5.74) is 11.1. The van der Waals surface area contributed by atoms with Crippen LogP contribution in [0.25, 0.3) is 0 Å². The fraction of sp³-hybridized carbons (Fsp3) is 0.364. The minimum Gasteiger partial charge on any atom is -0.484 e. The molecule has 16 heavy (non-hydrogen) atoms. The average Bonchev–Trinajstić information content (AvgIpc) is 2.20. The normalized spacial score (nSPS) is 11.2. The van der Waals surface area contributed by atoms with E-state index in [0.29, 0.717) is 18.0 Å². The van der Waals surface area contributed by atoms with Gasteiger partial charge in [0.05, 0.1) is 11.3 Å². The van der Waals surface area contributed by atoms with E-state index in [0.717, 1.165) is 0 Å². The summed E-state index contributed by atoms with van der Waals surface area (Å²) >= 11 is 0. The van der Waals surface area contributed by atoms with Crippen LogP contribution < -0.4 is 16.2 Å². The van der Waals surface area contributed by atoms with Crippen LogP contribution >= 0.6 is 0 Å². The maximum Gasteiger partial charge on any atom is 0.335 e. The van der Waals surface area contributed by atoms with Gasteiger partial charge in [-0.05, 0) is 32.0 Å². The van der Waals surface area contributed by atoms with Crippen LogP contribution in [0.4, 0.5) is 5.69 Å². The first-order valence-corrected chi connectivity index (χ1v) is 4.87. The number of benzene rings is 1. The summed E-state index contributed by atoms with van der Waals surface area (Å²) in [6, 6.07) is 4.35. The molecule has 0 aliphatic heterocycles. The van der Waals surface area contributed by atoms with E-state index in [2.05, 4.69) is 0 Å². The maximum atomic E-state index is 10.7. The van der Waals surface area contributed by atoms with Gasteiger partial charge < -0.3 is 21.3 Å². The Labute approximate surface area is 94.0 Å². The van der Waals surface area contributed by atoms with Gasteiger partial charge in [0.2, 0.25) is 0 Å². The fourth-order valence-electron chi connectivity index (χ4n) is 1.11. The monoisotopic (exact) mass is 224 g/mol. The predicted molar refractivity (Wildman–Crippen MR) is 61.6 cm³/mol. The molecule has 0 amide bonds. The largest absolute Gasteiger partial charge is 0.484 e. The summed E-state index contributed by atoms with van der Waals surface area (Å²) in [6.07, 6.45) is 0. The van der Waals surface area contributed by atoms with Gasteiger partial charge in [0, 0.05) is 6.54 Å². The number of ether oxygens (including phenoxy) is 1. The molecular formula is C11H16N2O3. The molecule has 1 aromatic rings. The third-order valence-corrected chi connectivity index (χ3v) is 2.13. The number of rotatable bonds is 4. The zero-order valence-electron chi connectivity index (χ0n) is 9.36. The molecule has 1 aromatic carbocycles. The Balaban J connectivity index is 2.96. The lowest BCUT2D eigenvalue weighted by atomic mass is 10.1. The van der Waals surface area contributed by atoms with Crippen molar-refractivity contribution in [3.63, 3.8) is 0 Å². The van der Waals surface area contributed by atoms with E-state index in [-0.39, 0.29) is 5.56 Å². The molecule has 0 spiro atoms. The second-order valence-corrected chi connectivity index (χ2v) is 4.12. The van der Waals surface area contributed by atoms with Gasteiger partial charge in [-0.2, -0.15) is 0 Å². The summed E-state index contributed by atoms with van der Waals surface area (Å²) in [4.78, 5) is 10.7. The second-order valence-electron chi connectivity index (χ2n) is 4.12. The Bertz CT molecular complexity index is 402. The van der Waals surface area contributed by atoms with Crippen molar-refractivity contribution < 1.29 is 14.6 Å². The number of hydrogen-bond acceptors (Lipinski definition) is 4. The molecule has 5 heteroatoms. The number of carbonyl (C=O) groups is 1. The van der Waals surface area contributed by atoms with Crippen LogP contribution in [0, 0.1) is 0 Å². The lowest BCUT2D eigenvalue weighted by Crippen LogP contribution is -2.37. The van der Waals surface area contributed by atoms with Crippen LogP contribution in [0.5, 0.6) is 5.75 Å². The zero-order chi connectivity index (χ0) is 12.3. The molecule has 0 unspecified atom stereocenters. The van der Waals surface area contributed by atoms with Gasteiger partial charge in [0.15, 0.2) is 0 Å². The molecule has 0 saturated heterocycles. The van der Waals surface area contributed by atoms with Crippen molar-refractivity contribution in [3.8, 4) is 5.75 Å². The van der Waals surface area contributed by atoms with Gasteiger partial charge in [-0.25, -0.2) is 4.79 Å².